The number of amides is 1. The third-order valence-corrected chi connectivity index (χ3v) is 6.69. The van der Waals surface area contributed by atoms with Gasteiger partial charge in [0.25, 0.3) is 15.7 Å². The summed E-state index contributed by atoms with van der Waals surface area (Å²) in [7, 11) is -4.23. The van der Waals surface area contributed by atoms with Crippen LogP contribution in [0.3, 0.4) is 0 Å². The van der Waals surface area contributed by atoms with Gasteiger partial charge in [-0.25, -0.2) is 12.8 Å². The molecule has 0 saturated carbocycles. The minimum Gasteiger partial charge on any atom is -0.494 e. The molecule has 11 heteroatoms. The van der Waals surface area contributed by atoms with E-state index < -0.39 is 33.2 Å². The number of rotatable bonds is 9. The van der Waals surface area contributed by atoms with Crippen molar-refractivity contribution in [3.8, 4) is 5.75 Å². The molecule has 9 nitrogen and oxygen atoms in total. The molecule has 34 heavy (non-hydrogen) atoms. The van der Waals surface area contributed by atoms with Crippen molar-refractivity contribution < 1.29 is 27.3 Å². The standard InChI is InChI=1S/C23H22FN3O6S/c1-3-33-19-11-13-20(14-12-19)34(31,32)26(18-9-7-17(24)8-10-18)15-23(28)25-21-5-4-6-22(16(21)2)27(29)30/h4-14H,3,15H2,1-2H3,(H,25,28). The Kier molecular flexibility index (Phi) is 7.47. The lowest BCUT2D eigenvalue weighted by Gasteiger charge is -2.24. The summed E-state index contributed by atoms with van der Waals surface area (Å²) in [5.41, 5.74) is 0.289. The number of nitrogens with one attached hydrogen (secondary N) is 1. The lowest BCUT2D eigenvalue weighted by Crippen LogP contribution is -2.38. The number of anilines is 2. The predicted octanol–water partition coefficient (Wildman–Crippen LogP) is 4.28. The number of benzene rings is 3. The maximum absolute atomic E-state index is 13.5. The van der Waals surface area contributed by atoms with E-state index in [9.17, 15) is 27.7 Å². The van der Waals surface area contributed by atoms with E-state index in [0.717, 1.165) is 16.4 Å². The highest BCUT2D eigenvalue weighted by atomic mass is 32.2. The van der Waals surface area contributed by atoms with Crippen LogP contribution in [0, 0.1) is 22.9 Å². The van der Waals surface area contributed by atoms with Crippen LogP contribution in [0.2, 0.25) is 0 Å². The van der Waals surface area contributed by atoms with Gasteiger partial charge in [0.05, 0.1) is 33.4 Å². The Bertz CT molecular complexity index is 1300. The Morgan fingerprint density at radius 1 is 1.09 bits per heavy atom. The molecule has 0 saturated heterocycles. The fraction of sp³-hybridized carbons (Fsp3) is 0.174. The molecule has 3 rings (SSSR count). The van der Waals surface area contributed by atoms with Crippen molar-refractivity contribution in [2.45, 2.75) is 18.7 Å². The summed E-state index contributed by atoms with van der Waals surface area (Å²) in [5.74, 6) is -0.824. The summed E-state index contributed by atoms with van der Waals surface area (Å²) in [4.78, 5) is 23.3. The molecule has 0 spiro atoms. The predicted molar refractivity (Wildman–Crippen MR) is 125 cm³/mol. The van der Waals surface area contributed by atoms with Gasteiger partial charge in [-0.2, -0.15) is 0 Å². The number of sulfonamides is 1. The van der Waals surface area contributed by atoms with E-state index >= 15 is 0 Å². The van der Waals surface area contributed by atoms with E-state index in [0.29, 0.717) is 12.4 Å². The van der Waals surface area contributed by atoms with Gasteiger partial charge in [-0.05, 0) is 68.4 Å². The summed E-state index contributed by atoms with van der Waals surface area (Å²) < 4.78 is 46.5. The summed E-state index contributed by atoms with van der Waals surface area (Å²) in [6.45, 7) is 3.03. The number of carbonyl (C=O) groups is 1. The van der Waals surface area contributed by atoms with Gasteiger partial charge in [-0.1, -0.05) is 6.07 Å². The van der Waals surface area contributed by atoms with Crippen molar-refractivity contribution in [1.82, 2.24) is 0 Å². The minimum atomic E-state index is -4.23. The van der Waals surface area contributed by atoms with Gasteiger partial charge in [-0.15, -0.1) is 0 Å². The van der Waals surface area contributed by atoms with E-state index in [2.05, 4.69) is 5.32 Å². The fourth-order valence-electron chi connectivity index (χ4n) is 3.20. The normalized spacial score (nSPS) is 11.0. The average molecular weight is 488 g/mol. The van der Waals surface area contributed by atoms with Crippen molar-refractivity contribution in [3.63, 3.8) is 0 Å². The van der Waals surface area contributed by atoms with Crippen molar-refractivity contribution in [2.75, 3.05) is 22.8 Å². The Labute approximate surface area is 196 Å². The molecular weight excluding hydrogens is 465 g/mol. The zero-order chi connectivity index (χ0) is 24.9. The quantitative estimate of drug-likeness (QED) is 0.356. The monoisotopic (exact) mass is 487 g/mol. The zero-order valence-electron chi connectivity index (χ0n) is 18.4. The second-order valence-corrected chi connectivity index (χ2v) is 9.01. The summed E-state index contributed by atoms with van der Waals surface area (Å²) in [6.07, 6.45) is 0. The number of hydrogen-bond donors (Lipinski definition) is 1. The molecule has 1 N–H and O–H groups in total. The van der Waals surface area contributed by atoms with Crippen LogP contribution in [0.5, 0.6) is 5.75 Å². The van der Waals surface area contributed by atoms with Crippen molar-refractivity contribution in [1.29, 1.82) is 0 Å². The number of nitro groups is 1. The Balaban J connectivity index is 1.94. The Hall–Kier alpha value is -3.99. The molecule has 0 heterocycles. The highest BCUT2D eigenvalue weighted by Crippen LogP contribution is 2.27. The van der Waals surface area contributed by atoms with E-state index in [4.69, 9.17) is 4.74 Å². The van der Waals surface area contributed by atoms with Crippen molar-refractivity contribution >= 4 is 33.0 Å². The zero-order valence-corrected chi connectivity index (χ0v) is 19.2. The molecule has 3 aromatic rings. The molecule has 3 aromatic carbocycles. The number of carbonyl (C=O) groups excluding carboxylic acids is 1. The second-order valence-electron chi connectivity index (χ2n) is 7.15. The van der Waals surface area contributed by atoms with E-state index in [-0.39, 0.29) is 27.5 Å². The molecule has 0 aliphatic carbocycles. The van der Waals surface area contributed by atoms with Crippen LogP contribution in [-0.2, 0) is 14.8 Å². The van der Waals surface area contributed by atoms with E-state index in [1.807, 2.05) is 0 Å². The van der Waals surface area contributed by atoms with Gasteiger partial charge in [0.15, 0.2) is 0 Å². The van der Waals surface area contributed by atoms with Crippen LogP contribution in [0.4, 0.5) is 21.5 Å². The number of hydrogen-bond acceptors (Lipinski definition) is 6. The van der Waals surface area contributed by atoms with Crippen LogP contribution in [0.25, 0.3) is 0 Å². The number of nitrogens with zero attached hydrogens (tertiary/aromatic N) is 2. The third kappa shape index (κ3) is 5.49. The number of ether oxygens (including phenoxy) is 1. The summed E-state index contributed by atoms with van der Waals surface area (Å²) in [5, 5.41) is 13.7. The van der Waals surface area contributed by atoms with E-state index in [1.165, 1.54) is 61.5 Å². The molecule has 0 radical (unpaired) electrons. The number of halogens is 1. The highest BCUT2D eigenvalue weighted by Gasteiger charge is 2.28. The molecule has 0 bridgehead atoms. The lowest BCUT2D eigenvalue weighted by atomic mass is 10.1. The van der Waals surface area contributed by atoms with Crippen LogP contribution < -0.4 is 14.4 Å². The molecule has 0 fully saturated rings. The number of nitro benzene ring substituents is 1. The molecule has 0 aliphatic rings. The van der Waals surface area contributed by atoms with Gasteiger partial charge in [0.1, 0.15) is 18.1 Å². The average Bonchev–Trinajstić information content (AvgIpc) is 2.80. The Morgan fingerprint density at radius 2 is 1.74 bits per heavy atom. The van der Waals surface area contributed by atoms with Gasteiger partial charge in [0, 0.05) is 6.07 Å². The molecule has 0 aliphatic heterocycles. The molecule has 178 valence electrons. The van der Waals surface area contributed by atoms with Gasteiger partial charge >= 0.3 is 0 Å². The first-order valence-electron chi connectivity index (χ1n) is 10.2. The molecular formula is C23H22FN3O6S. The fourth-order valence-corrected chi connectivity index (χ4v) is 4.62. The summed E-state index contributed by atoms with van der Waals surface area (Å²) in [6, 6.07) is 14.5. The molecule has 0 aromatic heterocycles. The largest absolute Gasteiger partial charge is 0.494 e. The topological polar surface area (TPSA) is 119 Å². The lowest BCUT2D eigenvalue weighted by molar-refractivity contribution is -0.385. The smallest absolute Gasteiger partial charge is 0.274 e. The van der Waals surface area contributed by atoms with Crippen LogP contribution in [0.15, 0.2) is 71.6 Å². The van der Waals surface area contributed by atoms with Gasteiger partial charge in [0.2, 0.25) is 5.91 Å². The first-order chi connectivity index (χ1) is 16.1. The van der Waals surface area contributed by atoms with E-state index in [1.54, 1.807) is 6.92 Å². The highest BCUT2D eigenvalue weighted by molar-refractivity contribution is 7.92. The molecule has 0 atom stereocenters. The minimum absolute atomic E-state index is 0.0706. The third-order valence-electron chi connectivity index (χ3n) is 4.90. The first kappa shape index (κ1) is 24.6. The van der Waals surface area contributed by atoms with Gasteiger partial charge in [-0.3, -0.25) is 19.2 Å². The summed E-state index contributed by atoms with van der Waals surface area (Å²) >= 11 is 0. The Morgan fingerprint density at radius 3 is 2.32 bits per heavy atom. The molecule has 1 amide bonds. The SMILES string of the molecule is CCOc1ccc(S(=O)(=O)N(CC(=O)Nc2cccc([N+](=O)[O-])c2C)c2ccc(F)cc2)cc1. The van der Waals surface area contributed by atoms with Gasteiger partial charge < -0.3 is 10.1 Å². The van der Waals surface area contributed by atoms with Crippen LogP contribution >= 0.6 is 0 Å². The van der Waals surface area contributed by atoms with Crippen molar-refractivity contribution in [2.24, 2.45) is 0 Å². The molecule has 0 unspecified atom stereocenters. The second kappa shape index (κ2) is 10.3. The first-order valence-corrected chi connectivity index (χ1v) is 11.6. The maximum Gasteiger partial charge on any atom is 0.274 e. The van der Waals surface area contributed by atoms with Crippen LogP contribution in [0.1, 0.15) is 12.5 Å². The van der Waals surface area contributed by atoms with Crippen molar-refractivity contribution in [3.05, 3.63) is 88.2 Å². The maximum atomic E-state index is 13.5. The van der Waals surface area contributed by atoms with Crippen LogP contribution in [-0.4, -0.2) is 32.4 Å².